The van der Waals surface area contributed by atoms with Crippen molar-refractivity contribution in [2.24, 2.45) is 5.41 Å². The van der Waals surface area contributed by atoms with Gasteiger partial charge in [-0.3, -0.25) is 14.3 Å². The highest BCUT2D eigenvalue weighted by atomic mass is 35.5. The van der Waals surface area contributed by atoms with Gasteiger partial charge in [0.05, 0.1) is 18.9 Å². The van der Waals surface area contributed by atoms with Crippen molar-refractivity contribution < 1.29 is 14.0 Å². The van der Waals surface area contributed by atoms with Crippen molar-refractivity contribution in [1.82, 2.24) is 30.0 Å². The number of Topliss-reactive ketones (excluding diaryl/α,β-unsaturated/α-hetero) is 1. The second-order valence-electron chi connectivity index (χ2n) is 7.42. The highest BCUT2D eigenvalue weighted by Gasteiger charge is 2.20. The van der Waals surface area contributed by atoms with Crippen molar-refractivity contribution in [3.05, 3.63) is 18.1 Å². The first-order chi connectivity index (χ1) is 12.7. The fraction of sp³-hybridized carbons (Fsp3) is 0.625. The van der Waals surface area contributed by atoms with Crippen LogP contribution in [0.4, 0.5) is 10.2 Å². The zero-order chi connectivity index (χ0) is 20.0. The van der Waals surface area contributed by atoms with Crippen LogP contribution < -0.4 is 5.32 Å². The zero-order valence-electron chi connectivity index (χ0n) is 15.5. The molecule has 27 heavy (non-hydrogen) atoms. The van der Waals surface area contributed by atoms with Crippen LogP contribution >= 0.6 is 11.6 Å². The van der Waals surface area contributed by atoms with Crippen LogP contribution in [0.15, 0.2) is 12.4 Å². The van der Waals surface area contributed by atoms with Gasteiger partial charge >= 0.3 is 0 Å². The SMILES string of the molecule is CC(C)(C)CC(=O)c1cn(CCC(F)Cn2cc(NC(=O)CCl)nn2)nn1. The first kappa shape index (κ1) is 20.9. The van der Waals surface area contributed by atoms with Crippen molar-refractivity contribution in [1.29, 1.82) is 0 Å². The lowest BCUT2D eigenvalue weighted by atomic mass is 9.89. The predicted molar refractivity (Wildman–Crippen MR) is 97.3 cm³/mol. The summed E-state index contributed by atoms with van der Waals surface area (Å²) in [6.07, 6.45) is 2.29. The Labute approximate surface area is 161 Å². The van der Waals surface area contributed by atoms with Crippen LogP contribution in [0.1, 0.15) is 44.1 Å². The lowest BCUT2D eigenvalue weighted by molar-refractivity contribution is -0.113. The third-order valence-corrected chi connectivity index (χ3v) is 3.74. The minimum atomic E-state index is -1.21. The topological polar surface area (TPSA) is 108 Å². The summed E-state index contributed by atoms with van der Waals surface area (Å²) in [5, 5.41) is 17.6. The first-order valence-electron chi connectivity index (χ1n) is 8.49. The van der Waals surface area contributed by atoms with Gasteiger partial charge in [-0.15, -0.1) is 21.8 Å². The van der Waals surface area contributed by atoms with Crippen LogP contribution in [0, 0.1) is 5.41 Å². The van der Waals surface area contributed by atoms with Crippen molar-refractivity contribution in [3.8, 4) is 0 Å². The van der Waals surface area contributed by atoms with Crippen LogP contribution in [-0.2, 0) is 17.9 Å². The molecule has 2 rings (SSSR count). The van der Waals surface area contributed by atoms with E-state index in [9.17, 15) is 14.0 Å². The largest absolute Gasteiger partial charge is 0.307 e. The number of amides is 1. The Hall–Kier alpha value is -2.36. The maximum atomic E-state index is 14.2. The lowest BCUT2D eigenvalue weighted by Crippen LogP contribution is -2.15. The van der Waals surface area contributed by atoms with Gasteiger partial charge < -0.3 is 5.32 Å². The maximum absolute atomic E-state index is 14.2. The molecular weight excluding hydrogens is 377 g/mol. The molecule has 0 aliphatic carbocycles. The molecule has 1 atom stereocenters. The number of anilines is 1. The van der Waals surface area contributed by atoms with Crippen LogP contribution in [0.3, 0.4) is 0 Å². The average Bonchev–Trinajstić information content (AvgIpc) is 3.21. The summed E-state index contributed by atoms with van der Waals surface area (Å²) in [5.74, 6) is -0.481. The molecule has 0 saturated carbocycles. The minimum absolute atomic E-state index is 0.0196. The third kappa shape index (κ3) is 7.05. The molecule has 1 N–H and O–H groups in total. The number of nitrogens with zero attached hydrogens (tertiary/aromatic N) is 6. The van der Waals surface area contributed by atoms with E-state index in [1.54, 1.807) is 0 Å². The number of alkyl halides is 2. The first-order valence-corrected chi connectivity index (χ1v) is 9.03. The van der Waals surface area contributed by atoms with E-state index >= 15 is 0 Å². The van der Waals surface area contributed by atoms with Crippen LogP contribution in [0.5, 0.6) is 0 Å². The van der Waals surface area contributed by atoms with E-state index < -0.39 is 12.1 Å². The second kappa shape index (κ2) is 9.03. The summed E-state index contributed by atoms with van der Waals surface area (Å²) in [4.78, 5) is 23.3. The number of halogens is 2. The highest BCUT2D eigenvalue weighted by Crippen LogP contribution is 2.20. The third-order valence-electron chi connectivity index (χ3n) is 3.50. The van der Waals surface area contributed by atoms with Gasteiger partial charge in [-0.05, 0) is 5.41 Å². The lowest BCUT2D eigenvalue weighted by Gasteiger charge is -2.15. The number of ketones is 1. The number of carbonyl (C=O) groups excluding carboxylic acids is 2. The molecule has 0 saturated heterocycles. The fourth-order valence-corrected chi connectivity index (χ4v) is 2.36. The summed E-state index contributed by atoms with van der Waals surface area (Å²) in [7, 11) is 0. The monoisotopic (exact) mass is 399 g/mol. The van der Waals surface area contributed by atoms with Crippen molar-refractivity contribution in [2.45, 2.75) is 52.9 Å². The van der Waals surface area contributed by atoms with Crippen LogP contribution in [-0.4, -0.2) is 53.7 Å². The van der Waals surface area contributed by atoms with E-state index in [2.05, 4.69) is 25.9 Å². The van der Waals surface area contributed by atoms with Gasteiger partial charge in [-0.25, -0.2) is 9.07 Å². The number of aryl methyl sites for hydroxylation is 1. The maximum Gasteiger partial charge on any atom is 0.240 e. The average molecular weight is 400 g/mol. The molecule has 0 radical (unpaired) electrons. The molecular formula is C16H23ClFN7O2. The number of nitrogens with one attached hydrogen (secondary N) is 1. The number of rotatable bonds is 9. The Morgan fingerprint density at radius 1 is 1.22 bits per heavy atom. The summed E-state index contributed by atoms with van der Waals surface area (Å²) in [5.41, 5.74) is 0.154. The van der Waals surface area contributed by atoms with Gasteiger partial charge in [0.2, 0.25) is 5.91 Å². The van der Waals surface area contributed by atoms with E-state index in [1.165, 1.54) is 21.8 Å². The molecule has 2 aromatic rings. The summed E-state index contributed by atoms with van der Waals surface area (Å²) >= 11 is 5.38. The molecule has 0 aliphatic rings. The minimum Gasteiger partial charge on any atom is -0.307 e. The molecule has 9 nitrogen and oxygen atoms in total. The van der Waals surface area contributed by atoms with E-state index in [4.69, 9.17) is 11.6 Å². The van der Waals surface area contributed by atoms with E-state index in [0.29, 0.717) is 6.42 Å². The van der Waals surface area contributed by atoms with Gasteiger partial charge in [0, 0.05) is 19.4 Å². The van der Waals surface area contributed by atoms with E-state index in [1.807, 2.05) is 20.8 Å². The normalized spacial score (nSPS) is 12.8. The van der Waals surface area contributed by atoms with Crippen LogP contribution in [0.2, 0.25) is 0 Å². The van der Waals surface area contributed by atoms with Gasteiger partial charge in [-0.2, -0.15) is 0 Å². The molecule has 11 heteroatoms. The molecule has 1 amide bonds. The molecule has 1 unspecified atom stereocenters. The molecule has 148 valence electrons. The predicted octanol–water partition coefficient (Wildman–Crippen LogP) is 2.09. The Balaban J connectivity index is 1.81. The smallest absolute Gasteiger partial charge is 0.240 e. The highest BCUT2D eigenvalue weighted by molar-refractivity contribution is 6.28. The number of hydrogen-bond donors (Lipinski definition) is 1. The molecule has 0 spiro atoms. The Bertz CT molecular complexity index is 784. The second-order valence-corrected chi connectivity index (χ2v) is 7.69. The molecule has 2 aromatic heterocycles. The van der Waals surface area contributed by atoms with Crippen molar-refractivity contribution >= 4 is 29.1 Å². The summed E-state index contributed by atoms with van der Waals surface area (Å²) in [6.45, 7) is 6.18. The van der Waals surface area contributed by atoms with Crippen LogP contribution in [0.25, 0.3) is 0 Å². The molecule has 0 aliphatic heterocycles. The standard InChI is InChI=1S/C16H23ClFN7O2/c1-16(2,3)6-13(26)12-9-24(22-20-12)5-4-11(18)8-25-10-14(21-23-25)19-15(27)7-17/h9-11H,4-8H2,1-3H3,(H,19,27). The number of hydrogen-bond acceptors (Lipinski definition) is 6. The summed E-state index contributed by atoms with van der Waals surface area (Å²) < 4.78 is 16.9. The fourth-order valence-electron chi connectivity index (χ4n) is 2.30. The Kier molecular flexibility index (Phi) is 7.00. The number of carbonyl (C=O) groups is 2. The van der Waals surface area contributed by atoms with Gasteiger partial charge in [-0.1, -0.05) is 31.2 Å². The molecule has 0 fully saturated rings. The molecule has 2 heterocycles. The Morgan fingerprint density at radius 2 is 1.93 bits per heavy atom. The quantitative estimate of drug-likeness (QED) is 0.511. The van der Waals surface area contributed by atoms with Gasteiger partial charge in [0.1, 0.15) is 17.7 Å². The number of aromatic nitrogens is 6. The van der Waals surface area contributed by atoms with E-state index in [0.717, 1.165) is 0 Å². The van der Waals surface area contributed by atoms with Crippen molar-refractivity contribution in [3.63, 3.8) is 0 Å². The molecule has 0 bridgehead atoms. The van der Waals surface area contributed by atoms with Gasteiger partial charge in [0.25, 0.3) is 0 Å². The Morgan fingerprint density at radius 3 is 2.59 bits per heavy atom. The van der Waals surface area contributed by atoms with E-state index in [-0.39, 0.29) is 48.1 Å². The zero-order valence-corrected chi connectivity index (χ0v) is 16.3. The summed E-state index contributed by atoms with van der Waals surface area (Å²) in [6, 6.07) is 0. The van der Waals surface area contributed by atoms with Crippen molar-refractivity contribution in [2.75, 3.05) is 11.2 Å². The van der Waals surface area contributed by atoms with Gasteiger partial charge in [0.15, 0.2) is 11.6 Å². The molecule has 0 aromatic carbocycles.